The summed E-state index contributed by atoms with van der Waals surface area (Å²) in [7, 11) is 0. The molecule has 1 fully saturated rings. The molecule has 1 aromatic carbocycles. The molecule has 0 aromatic heterocycles. The summed E-state index contributed by atoms with van der Waals surface area (Å²) in [5.74, 6) is -2.01. The maximum absolute atomic E-state index is 13.6. The molecule has 1 heterocycles. The first-order valence-electron chi connectivity index (χ1n) is 6.46. The quantitative estimate of drug-likeness (QED) is 0.913. The molecule has 1 saturated heterocycles. The van der Waals surface area contributed by atoms with E-state index in [1.807, 2.05) is 4.90 Å². The lowest BCUT2D eigenvalue weighted by Crippen LogP contribution is -2.40. The lowest BCUT2D eigenvalue weighted by atomic mass is 9.98. The standard InChI is InChI=1S/C14H17F2NO2/c15-12-5-3-6-13(16)11(12)9-17-7-2-1-4-10(17)8-14(18)19/h3,5-6,10H,1-2,4,7-9H2,(H,18,19). The molecule has 1 unspecified atom stereocenters. The minimum atomic E-state index is -0.870. The Morgan fingerprint density at radius 2 is 2.00 bits per heavy atom. The van der Waals surface area contributed by atoms with Crippen molar-refractivity contribution in [2.45, 2.75) is 38.3 Å². The Morgan fingerprint density at radius 3 is 2.63 bits per heavy atom. The number of benzene rings is 1. The molecule has 1 N–H and O–H groups in total. The molecule has 1 aliphatic rings. The van der Waals surface area contributed by atoms with Gasteiger partial charge < -0.3 is 5.11 Å². The van der Waals surface area contributed by atoms with Crippen LogP contribution in [0.25, 0.3) is 0 Å². The van der Waals surface area contributed by atoms with Crippen molar-refractivity contribution in [1.82, 2.24) is 4.90 Å². The molecule has 0 amide bonds. The highest BCUT2D eigenvalue weighted by atomic mass is 19.1. The van der Waals surface area contributed by atoms with Gasteiger partial charge in [-0.25, -0.2) is 8.78 Å². The summed E-state index contributed by atoms with van der Waals surface area (Å²) in [6.07, 6.45) is 2.69. The summed E-state index contributed by atoms with van der Waals surface area (Å²) in [5.41, 5.74) is 0.0276. The topological polar surface area (TPSA) is 40.5 Å². The number of hydrogen-bond acceptors (Lipinski definition) is 2. The Balaban J connectivity index is 2.13. The van der Waals surface area contributed by atoms with Crippen LogP contribution in [0.15, 0.2) is 18.2 Å². The molecule has 3 nitrogen and oxygen atoms in total. The number of halogens is 2. The second-order valence-corrected chi connectivity index (χ2v) is 4.92. The Hall–Kier alpha value is -1.49. The van der Waals surface area contributed by atoms with Crippen molar-refractivity contribution in [1.29, 1.82) is 0 Å². The van der Waals surface area contributed by atoms with Crippen LogP contribution in [-0.4, -0.2) is 28.6 Å². The monoisotopic (exact) mass is 269 g/mol. The number of nitrogens with zero attached hydrogens (tertiary/aromatic N) is 1. The van der Waals surface area contributed by atoms with Crippen molar-refractivity contribution in [2.24, 2.45) is 0 Å². The van der Waals surface area contributed by atoms with Crippen molar-refractivity contribution in [3.05, 3.63) is 35.4 Å². The van der Waals surface area contributed by atoms with Gasteiger partial charge in [0.05, 0.1) is 6.42 Å². The molecule has 5 heteroatoms. The van der Waals surface area contributed by atoms with Gasteiger partial charge in [0.1, 0.15) is 11.6 Å². The summed E-state index contributed by atoms with van der Waals surface area (Å²) in [4.78, 5) is 12.7. The van der Waals surface area contributed by atoms with E-state index in [1.54, 1.807) is 0 Å². The number of carboxylic acids is 1. The van der Waals surface area contributed by atoms with E-state index in [0.717, 1.165) is 19.3 Å². The number of rotatable bonds is 4. The van der Waals surface area contributed by atoms with E-state index in [2.05, 4.69) is 0 Å². The molecule has 0 spiro atoms. The molecule has 0 radical (unpaired) electrons. The van der Waals surface area contributed by atoms with Crippen LogP contribution in [0.4, 0.5) is 8.78 Å². The Labute approximate surface area is 110 Å². The number of aliphatic carboxylic acids is 1. The Morgan fingerprint density at radius 1 is 1.32 bits per heavy atom. The highest BCUT2D eigenvalue weighted by molar-refractivity contribution is 5.67. The first kappa shape index (κ1) is 13.9. The smallest absolute Gasteiger partial charge is 0.304 e. The number of carbonyl (C=O) groups is 1. The van der Waals surface area contributed by atoms with Crippen molar-refractivity contribution in [3.8, 4) is 0 Å². The van der Waals surface area contributed by atoms with Crippen LogP contribution in [-0.2, 0) is 11.3 Å². The number of piperidine rings is 1. The molecule has 2 rings (SSSR count). The van der Waals surface area contributed by atoms with Crippen molar-refractivity contribution < 1.29 is 18.7 Å². The zero-order valence-corrected chi connectivity index (χ0v) is 10.6. The van der Waals surface area contributed by atoms with Crippen LogP contribution in [0, 0.1) is 11.6 Å². The van der Waals surface area contributed by atoms with Gasteiger partial charge in [-0.05, 0) is 31.5 Å². The predicted molar refractivity (Wildman–Crippen MR) is 66.7 cm³/mol. The van der Waals surface area contributed by atoms with Gasteiger partial charge in [-0.15, -0.1) is 0 Å². The molecule has 0 saturated carbocycles. The molecular weight excluding hydrogens is 252 g/mol. The van der Waals surface area contributed by atoms with Gasteiger partial charge in [-0.1, -0.05) is 12.5 Å². The van der Waals surface area contributed by atoms with Crippen LogP contribution in [0.1, 0.15) is 31.2 Å². The van der Waals surface area contributed by atoms with Gasteiger partial charge in [-0.2, -0.15) is 0 Å². The summed E-state index contributed by atoms with van der Waals surface area (Å²) >= 11 is 0. The highest BCUT2D eigenvalue weighted by Gasteiger charge is 2.26. The maximum atomic E-state index is 13.6. The fourth-order valence-corrected chi connectivity index (χ4v) is 2.59. The Kier molecular flexibility index (Phi) is 4.47. The van der Waals surface area contributed by atoms with E-state index in [4.69, 9.17) is 5.11 Å². The predicted octanol–water partition coefficient (Wildman–Crippen LogP) is 2.79. The van der Waals surface area contributed by atoms with Gasteiger partial charge in [0.15, 0.2) is 0 Å². The second-order valence-electron chi connectivity index (χ2n) is 4.92. The first-order chi connectivity index (χ1) is 9.08. The van der Waals surface area contributed by atoms with E-state index in [9.17, 15) is 13.6 Å². The molecule has 0 aliphatic carbocycles. The van der Waals surface area contributed by atoms with Crippen molar-refractivity contribution in [2.75, 3.05) is 6.54 Å². The molecular formula is C14H17F2NO2. The van der Waals surface area contributed by atoms with Gasteiger partial charge in [0.2, 0.25) is 0 Å². The van der Waals surface area contributed by atoms with Gasteiger partial charge in [0, 0.05) is 18.2 Å². The van der Waals surface area contributed by atoms with Crippen LogP contribution in [0.5, 0.6) is 0 Å². The zero-order valence-electron chi connectivity index (χ0n) is 10.6. The molecule has 1 aliphatic heterocycles. The van der Waals surface area contributed by atoms with Gasteiger partial charge in [0.25, 0.3) is 0 Å². The first-order valence-corrected chi connectivity index (χ1v) is 6.46. The van der Waals surface area contributed by atoms with E-state index in [0.29, 0.717) is 6.54 Å². The van der Waals surface area contributed by atoms with Crippen LogP contribution < -0.4 is 0 Å². The highest BCUT2D eigenvalue weighted by Crippen LogP contribution is 2.24. The SMILES string of the molecule is O=C(O)CC1CCCCN1Cc1c(F)cccc1F. The third kappa shape index (κ3) is 3.50. The van der Waals surface area contributed by atoms with Crippen LogP contribution in [0.2, 0.25) is 0 Å². The second kappa shape index (κ2) is 6.10. The average Bonchev–Trinajstić information content (AvgIpc) is 2.35. The van der Waals surface area contributed by atoms with E-state index < -0.39 is 17.6 Å². The summed E-state index contributed by atoms with van der Waals surface area (Å²) in [6, 6.07) is 3.66. The van der Waals surface area contributed by atoms with E-state index >= 15 is 0 Å². The van der Waals surface area contributed by atoms with E-state index in [-0.39, 0.29) is 24.6 Å². The largest absolute Gasteiger partial charge is 0.481 e. The molecule has 1 aromatic rings. The minimum Gasteiger partial charge on any atom is -0.481 e. The minimum absolute atomic E-state index is 0.0239. The molecule has 0 bridgehead atoms. The molecule has 104 valence electrons. The normalized spacial score (nSPS) is 20.4. The fourth-order valence-electron chi connectivity index (χ4n) is 2.59. The number of likely N-dealkylation sites (tertiary alicyclic amines) is 1. The number of carboxylic acid groups (broad SMARTS) is 1. The molecule has 19 heavy (non-hydrogen) atoms. The summed E-state index contributed by atoms with van der Waals surface area (Å²) in [6.45, 7) is 0.822. The van der Waals surface area contributed by atoms with Crippen LogP contribution >= 0.6 is 0 Å². The maximum Gasteiger partial charge on any atom is 0.304 e. The average molecular weight is 269 g/mol. The fraction of sp³-hybridized carbons (Fsp3) is 0.500. The van der Waals surface area contributed by atoms with Crippen molar-refractivity contribution in [3.63, 3.8) is 0 Å². The van der Waals surface area contributed by atoms with Gasteiger partial charge in [-0.3, -0.25) is 9.69 Å². The van der Waals surface area contributed by atoms with E-state index in [1.165, 1.54) is 18.2 Å². The van der Waals surface area contributed by atoms with Crippen LogP contribution in [0.3, 0.4) is 0 Å². The lowest BCUT2D eigenvalue weighted by molar-refractivity contribution is -0.138. The Bertz CT molecular complexity index is 445. The summed E-state index contributed by atoms with van der Waals surface area (Å²) in [5, 5.41) is 8.88. The molecule has 1 atom stereocenters. The van der Waals surface area contributed by atoms with Gasteiger partial charge >= 0.3 is 5.97 Å². The third-order valence-corrected chi connectivity index (χ3v) is 3.58. The zero-order chi connectivity index (χ0) is 13.8. The number of hydrogen-bond donors (Lipinski definition) is 1. The third-order valence-electron chi connectivity index (χ3n) is 3.58. The lowest BCUT2D eigenvalue weighted by Gasteiger charge is -2.35. The van der Waals surface area contributed by atoms with Crippen molar-refractivity contribution >= 4 is 5.97 Å². The summed E-state index contributed by atoms with van der Waals surface area (Å²) < 4.78 is 27.2.